The lowest BCUT2D eigenvalue weighted by Crippen LogP contribution is -2.47. The van der Waals surface area contributed by atoms with Crippen LogP contribution < -0.4 is 0 Å². The van der Waals surface area contributed by atoms with Gasteiger partial charge >= 0.3 is 5.97 Å². The quantitative estimate of drug-likeness (QED) is 0.506. The Bertz CT molecular complexity index is 289. The van der Waals surface area contributed by atoms with Gasteiger partial charge in [0.05, 0.1) is 12.8 Å². The highest BCUT2D eigenvalue weighted by Gasteiger charge is 2.43. The number of esters is 1. The second-order valence-electron chi connectivity index (χ2n) is 5.14. The monoisotopic (exact) mass is 288 g/mol. The lowest BCUT2D eigenvalue weighted by Gasteiger charge is -2.34. The van der Waals surface area contributed by atoms with E-state index in [4.69, 9.17) is 9.47 Å². The van der Waals surface area contributed by atoms with Gasteiger partial charge in [0.2, 0.25) is 0 Å². The van der Waals surface area contributed by atoms with Gasteiger partial charge in [-0.15, -0.1) is 0 Å². The number of hydrogen-bond donors (Lipinski definition) is 0. The summed E-state index contributed by atoms with van der Waals surface area (Å²) in [5.74, 6) is 0.122. The number of hydrogen-bond acceptors (Lipinski definition) is 4. The molecule has 1 unspecified atom stereocenters. The lowest BCUT2D eigenvalue weighted by atomic mass is 9.81. The molecule has 1 aliphatic rings. The van der Waals surface area contributed by atoms with Crippen molar-refractivity contribution in [3.05, 3.63) is 0 Å². The number of carbonyl (C=O) groups is 1. The summed E-state index contributed by atoms with van der Waals surface area (Å²) in [6.45, 7) is 4.40. The topological polar surface area (TPSA) is 52.6 Å². The summed E-state index contributed by atoms with van der Waals surface area (Å²) in [4.78, 5) is 12.2. The van der Waals surface area contributed by atoms with Crippen LogP contribution in [0.1, 0.15) is 52.4 Å². The fourth-order valence-corrected chi connectivity index (χ4v) is 3.43. The average molecular weight is 288 g/mol. The second kappa shape index (κ2) is 8.65. The Morgan fingerprint density at radius 3 is 2.42 bits per heavy atom. The van der Waals surface area contributed by atoms with Crippen LogP contribution in [0, 0.1) is 5.92 Å². The maximum Gasteiger partial charge on any atom is 0.339 e. The molecule has 5 heteroatoms. The Hall–Kier alpha value is -0.470. The Labute approximate surface area is 117 Å². The second-order valence-corrected chi connectivity index (χ2v) is 5.72. The molecule has 0 heterocycles. The molecule has 0 aliphatic heterocycles. The molecule has 0 saturated heterocycles. The summed E-state index contributed by atoms with van der Waals surface area (Å²) in [7, 11) is -0.0616. The van der Waals surface area contributed by atoms with Gasteiger partial charge in [-0.05, 0) is 26.2 Å². The average Bonchev–Trinajstić information content (AvgIpc) is 2.40. The third-order valence-electron chi connectivity index (χ3n) is 3.73. The van der Waals surface area contributed by atoms with E-state index in [1.165, 1.54) is 19.3 Å². The zero-order valence-electron chi connectivity index (χ0n) is 12.0. The fraction of sp³-hybridized carbons (Fsp3) is 0.929. The molecule has 4 nitrogen and oxygen atoms in total. The number of carbonyl (C=O) groups excluding carboxylic acids is 1. The van der Waals surface area contributed by atoms with Gasteiger partial charge in [0.25, 0.3) is 0 Å². The van der Waals surface area contributed by atoms with Crippen molar-refractivity contribution in [2.24, 2.45) is 5.92 Å². The molecule has 0 aromatic heterocycles. The van der Waals surface area contributed by atoms with Crippen molar-refractivity contribution >= 4 is 14.4 Å². The van der Waals surface area contributed by atoms with E-state index in [1.807, 2.05) is 6.92 Å². The predicted octanol–water partition coefficient (Wildman–Crippen LogP) is 3.59. The van der Waals surface area contributed by atoms with Crippen LogP contribution >= 0.6 is 8.46 Å². The molecule has 1 aliphatic carbocycles. The number of ether oxygens (including phenoxy) is 2. The SMILES string of the molecule is CCOC(=O)C(CP=O)(CC1CCCCC1)OCC. The molecule has 0 bridgehead atoms. The van der Waals surface area contributed by atoms with Crippen LogP contribution in [0.2, 0.25) is 0 Å². The molecule has 0 aromatic rings. The summed E-state index contributed by atoms with van der Waals surface area (Å²) in [5, 5.41) is 0. The van der Waals surface area contributed by atoms with Crippen LogP contribution in [0.25, 0.3) is 0 Å². The minimum absolute atomic E-state index is 0.0616. The molecule has 0 radical (unpaired) electrons. The summed E-state index contributed by atoms with van der Waals surface area (Å²) < 4.78 is 21.9. The largest absolute Gasteiger partial charge is 0.464 e. The highest BCUT2D eigenvalue weighted by Crippen LogP contribution is 2.34. The molecule has 1 rings (SSSR count). The first-order valence-electron chi connectivity index (χ1n) is 7.28. The zero-order valence-corrected chi connectivity index (χ0v) is 12.9. The van der Waals surface area contributed by atoms with E-state index in [2.05, 4.69) is 0 Å². The van der Waals surface area contributed by atoms with Gasteiger partial charge < -0.3 is 9.47 Å². The van der Waals surface area contributed by atoms with E-state index in [-0.39, 0.29) is 20.6 Å². The van der Waals surface area contributed by atoms with Crippen LogP contribution in [0.5, 0.6) is 0 Å². The smallest absolute Gasteiger partial charge is 0.339 e. The molecular formula is C14H25O4P. The van der Waals surface area contributed by atoms with Crippen molar-refractivity contribution in [3.8, 4) is 0 Å². The molecule has 1 atom stereocenters. The molecule has 1 saturated carbocycles. The Morgan fingerprint density at radius 2 is 1.89 bits per heavy atom. The van der Waals surface area contributed by atoms with E-state index in [1.54, 1.807) is 6.92 Å². The molecule has 110 valence electrons. The van der Waals surface area contributed by atoms with Gasteiger partial charge in [-0.25, -0.2) is 4.79 Å². The molecular weight excluding hydrogens is 263 g/mol. The molecule has 0 amide bonds. The maximum absolute atomic E-state index is 12.2. The summed E-state index contributed by atoms with van der Waals surface area (Å²) in [6.07, 6.45) is 6.78. The normalized spacial score (nSPS) is 20.1. The third kappa shape index (κ3) is 4.85. The van der Waals surface area contributed by atoms with Gasteiger partial charge in [-0.1, -0.05) is 32.1 Å². The minimum atomic E-state index is -1.02. The fourth-order valence-electron chi connectivity index (χ4n) is 2.88. The molecule has 0 N–H and O–H groups in total. The number of rotatable bonds is 8. The Balaban J connectivity index is 2.79. The molecule has 19 heavy (non-hydrogen) atoms. The van der Waals surface area contributed by atoms with Crippen molar-refractivity contribution < 1.29 is 18.8 Å². The van der Waals surface area contributed by atoms with E-state index >= 15 is 0 Å². The van der Waals surface area contributed by atoms with Gasteiger partial charge in [-0.3, -0.25) is 4.57 Å². The maximum atomic E-state index is 12.2. The van der Waals surface area contributed by atoms with Crippen molar-refractivity contribution in [2.75, 3.05) is 19.4 Å². The third-order valence-corrected chi connectivity index (χ3v) is 4.37. The molecule has 0 spiro atoms. The highest BCUT2D eigenvalue weighted by molar-refractivity contribution is 7.23. The van der Waals surface area contributed by atoms with Crippen molar-refractivity contribution in [3.63, 3.8) is 0 Å². The van der Waals surface area contributed by atoms with E-state index in [0.717, 1.165) is 12.8 Å². The first-order chi connectivity index (χ1) is 9.18. The van der Waals surface area contributed by atoms with Crippen LogP contribution in [-0.4, -0.2) is 30.9 Å². The van der Waals surface area contributed by atoms with Gasteiger partial charge in [0, 0.05) is 6.61 Å². The van der Waals surface area contributed by atoms with Crippen LogP contribution in [0.15, 0.2) is 0 Å². The Morgan fingerprint density at radius 1 is 1.21 bits per heavy atom. The highest BCUT2D eigenvalue weighted by atomic mass is 31.1. The van der Waals surface area contributed by atoms with Crippen molar-refractivity contribution in [2.45, 2.75) is 58.0 Å². The van der Waals surface area contributed by atoms with E-state index in [9.17, 15) is 9.36 Å². The van der Waals surface area contributed by atoms with Crippen molar-refractivity contribution in [1.29, 1.82) is 0 Å². The summed E-state index contributed by atoms with van der Waals surface area (Å²) in [5.41, 5.74) is -1.02. The van der Waals surface area contributed by atoms with Crippen LogP contribution in [0.3, 0.4) is 0 Å². The van der Waals surface area contributed by atoms with Gasteiger partial charge in [0.15, 0.2) is 14.1 Å². The standard InChI is InChI=1S/C14H25O4P/c1-3-17-13(15)14(11-19-16,18-4-2)10-12-8-6-5-7-9-12/h12H,3-11H2,1-2H3. The lowest BCUT2D eigenvalue weighted by molar-refractivity contribution is -0.171. The van der Waals surface area contributed by atoms with E-state index < -0.39 is 5.60 Å². The first-order valence-corrected chi connectivity index (χ1v) is 8.28. The Kier molecular flexibility index (Phi) is 7.55. The molecule has 1 fully saturated rings. The summed E-state index contributed by atoms with van der Waals surface area (Å²) in [6, 6.07) is 0. The van der Waals surface area contributed by atoms with E-state index in [0.29, 0.717) is 25.6 Å². The van der Waals surface area contributed by atoms with Gasteiger partial charge in [-0.2, -0.15) is 0 Å². The predicted molar refractivity (Wildman–Crippen MR) is 74.7 cm³/mol. The van der Waals surface area contributed by atoms with Crippen LogP contribution in [0.4, 0.5) is 0 Å². The van der Waals surface area contributed by atoms with Gasteiger partial charge in [0.1, 0.15) is 0 Å². The first kappa shape index (κ1) is 16.6. The summed E-state index contributed by atoms with van der Waals surface area (Å²) >= 11 is 0. The van der Waals surface area contributed by atoms with Crippen LogP contribution in [-0.2, 0) is 18.8 Å². The zero-order chi connectivity index (χ0) is 14.1. The minimum Gasteiger partial charge on any atom is -0.464 e. The van der Waals surface area contributed by atoms with Crippen molar-refractivity contribution in [1.82, 2.24) is 0 Å². The molecule has 0 aromatic carbocycles.